The molecule has 2 unspecified atom stereocenters. The van der Waals surface area contributed by atoms with Crippen LogP contribution < -0.4 is 9.80 Å². The van der Waals surface area contributed by atoms with Crippen LogP contribution >= 0.6 is 0 Å². The molecule has 1 heterocycles. The lowest BCUT2D eigenvalue weighted by molar-refractivity contribution is 0.255. The molecule has 1 saturated heterocycles. The van der Waals surface area contributed by atoms with E-state index >= 15 is 0 Å². The summed E-state index contributed by atoms with van der Waals surface area (Å²) in [6.07, 6.45) is 0. The van der Waals surface area contributed by atoms with Crippen LogP contribution in [0, 0.1) is 27.7 Å². The number of aryl methyl sites for hydroxylation is 4. The summed E-state index contributed by atoms with van der Waals surface area (Å²) in [6, 6.07) is 33.3. The van der Waals surface area contributed by atoms with E-state index in [4.69, 9.17) is 0 Å². The van der Waals surface area contributed by atoms with Crippen molar-refractivity contribution in [3.8, 4) is 0 Å². The van der Waals surface area contributed by atoms with Crippen LogP contribution in [0.4, 0.5) is 16.2 Å². The van der Waals surface area contributed by atoms with Crippen LogP contribution in [-0.4, -0.2) is 6.03 Å². The maximum atomic E-state index is 14.2. The van der Waals surface area contributed by atoms with Gasteiger partial charge in [-0.1, -0.05) is 95.1 Å². The van der Waals surface area contributed by atoms with Crippen LogP contribution in [0.2, 0.25) is 0 Å². The Kier molecular flexibility index (Phi) is 5.70. The maximum absolute atomic E-state index is 14.2. The van der Waals surface area contributed by atoms with Gasteiger partial charge in [-0.25, -0.2) is 4.79 Å². The van der Waals surface area contributed by atoms with Gasteiger partial charge in [0.15, 0.2) is 0 Å². The van der Waals surface area contributed by atoms with Crippen molar-refractivity contribution in [2.75, 3.05) is 9.80 Å². The number of urea groups is 1. The summed E-state index contributed by atoms with van der Waals surface area (Å²) < 4.78 is 0. The molecule has 3 heteroatoms. The van der Waals surface area contributed by atoms with Crippen molar-refractivity contribution in [3.63, 3.8) is 0 Å². The smallest absolute Gasteiger partial charge is 0.284 e. The highest BCUT2D eigenvalue weighted by Crippen LogP contribution is 2.49. The van der Waals surface area contributed by atoms with Gasteiger partial charge in [-0.3, -0.25) is 9.80 Å². The first-order valence-electron chi connectivity index (χ1n) is 11.8. The second kappa shape index (κ2) is 8.83. The van der Waals surface area contributed by atoms with Crippen LogP contribution in [0.15, 0.2) is 97.1 Å². The molecule has 4 aromatic carbocycles. The fraction of sp³-hybridized carbons (Fsp3) is 0.194. The molecule has 0 saturated carbocycles. The SMILES string of the molecule is Cc1ccc(C2C(c3ccc(C)cc3)N(c3ccc(C)cc3)C(=O)N2c2ccc(C)cc2)cc1. The Morgan fingerprint density at radius 2 is 0.706 bits per heavy atom. The molecule has 34 heavy (non-hydrogen) atoms. The summed E-state index contributed by atoms with van der Waals surface area (Å²) in [5.74, 6) is 0. The molecule has 0 aliphatic carbocycles. The van der Waals surface area contributed by atoms with Crippen molar-refractivity contribution in [2.45, 2.75) is 39.8 Å². The highest BCUT2D eigenvalue weighted by atomic mass is 16.2. The third-order valence-corrected chi connectivity index (χ3v) is 6.73. The number of hydrogen-bond acceptors (Lipinski definition) is 1. The standard InChI is InChI=1S/C31H30N2O/c1-21-5-13-25(14-6-21)29-30(26-15-7-22(2)8-16-26)33(28-19-11-24(4)12-20-28)31(34)32(29)27-17-9-23(3)10-18-27/h5-20,29-30H,1-4H3. The lowest BCUT2D eigenvalue weighted by Gasteiger charge is -2.29. The summed E-state index contributed by atoms with van der Waals surface area (Å²) in [7, 11) is 0. The first kappa shape index (κ1) is 22.0. The van der Waals surface area contributed by atoms with E-state index < -0.39 is 0 Å². The molecule has 2 amide bonds. The van der Waals surface area contributed by atoms with Gasteiger partial charge in [0.05, 0.1) is 12.1 Å². The molecular formula is C31H30N2O. The Balaban J connectivity index is 1.74. The molecule has 0 radical (unpaired) electrons. The Hall–Kier alpha value is -3.85. The van der Waals surface area contributed by atoms with Crippen molar-refractivity contribution < 1.29 is 4.79 Å². The van der Waals surface area contributed by atoms with E-state index in [1.807, 2.05) is 9.80 Å². The number of rotatable bonds is 4. The molecule has 1 aliphatic rings. The fourth-order valence-corrected chi connectivity index (χ4v) is 4.78. The van der Waals surface area contributed by atoms with E-state index in [0.29, 0.717) is 0 Å². The topological polar surface area (TPSA) is 23.6 Å². The highest BCUT2D eigenvalue weighted by Gasteiger charge is 2.48. The molecule has 1 fully saturated rings. The van der Waals surface area contributed by atoms with Gasteiger partial charge in [-0.2, -0.15) is 0 Å². The number of benzene rings is 4. The number of carbonyl (C=O) groups is 1. The molecular weight excluding hydrogens is 416 g/mol. The minimum Gasteiger partial charge on any atom is -0.284 e. The molecule has 4 aromatic rings. The van der Waals surface area contributed by atoms with Crippen LogP contribution in [0.1, 0.15) is 45.5 Å². The third kappa shape index (κ3) is 3.99. The highest BCUT2D eigenvalue weighted by molar-refractivity contribution is 6.08. The fourth-order valence-electron chi connectivity index (χ4n) is 4.78. The van der Waals surface area contributed by atoms with E-state index in [1.54, 1.807) is 0 Å². The number of hydrogen-bond donors (Lipinski definition) is 0. The minimum absolute atomic E-state index is 0.0103. The third-order valence-electron chi connectivity index (χ3n) is 6.73. The van der Waals surface area contributed by atoms with Crippen LogP contribution in [0.25, 0.3) is 0 Å². The van der Waals surface area contributed by atoms with Gasteiger partial charge in [-0.05, 0) is 63.1 Å². The van der Waals surface area contributed by atoms with Crippen molar-refractivity contribution in [1.29, 1.82) is 0 Å². The van der Waals surface area contributed by atoms with Crippen LogP contribution in [0.5, 0.6) is 0 Å². The Morgan fingerprint density at radius 3 is 1.00 bits per heavy atom. The Bertz CT molecular complexity index is 1190. The average molecular weight is 447 g/mol. The summed E-state index contributed by atoms with van der Waals surface area (Å²) >= 11 is 0. The monoisotopic (exact) mass is 446 g/mol. The zero-order chi connectivity index (χ0) is 23.8. The number of carbonyl (C=O) groups excluding carboxylic acids is 1. The second-order valence-corrected chi connectivity index (χ2v) is 9.40. The number of anilines is 2. The predicted octanol–water partition coefficient (Wildman–Crippen LogP) is 7.85. The first-order chi connectivity index (χ1) is 16.4. The molecule has 0 N–H and O–H groups in total. The second-order valence-electron chi connectivity index (χ2n) is 9.40. The van der Waals surface area contributed by atoms with Crippen molar-refractivity contribution in [2.24, 2.45) is 0 Å². The van der Waals surface area contributed by atoms with E-state index in [0.717, 1.165) is 22.5 Å². The Morgan fingerprint density at radius 1 is 0.441 bits per heavy atom. The largest absolute Gasteiger partial charge is 0.330 e. The van der Waals surface area contributed by atoms with Gasteiger partial charge in [-0.15, -0.1) is 0 Å². The molecule has 1 aliphatic heterocycles. The van der Waals surface area contributed by atoms with Gasteiger partial charge in [0.2, 0.25) is 0 Å². The Labute approximate surface area is 202 Å². The lowest BCUT2D eigenvalue weighted by atomic mass is 9.91. The molecule has 0 aromatic heterocycles. The van der Waals surface area contributed by atoms with E-state index in [2.05, 4.69) is 125 Å². The van der Waals surface area contributed by atoms with Crippen molar-refractivity contribution in [1.82, 2.24) is 0 Å². The maximum Gasteiger partial charge on any atom is 0.330 e. The molecule has 170 valence electrons. The zero-order valence-corrected chi connectivity index (χ0v) is 20.2. The van der Waals surface area contributed by atoms with Crippen LogP contribution in [0.3, 0.4) is 0 Å². The molecule has 5 rings (SSSR count). The van der Waals surface area contributed by atoms with E-state index in [1.165, 1.54) is 22.3 Å². The van der Waals surface area contributed by atoms with Crippen molar-refractivity contribution >= 4 is 17.4 Å². The van der Waals surface area contributed by atoms with Gasteiger partial charge in [0, 0.05) is 11.4 Å². The van der Waals surface area contributed by atoms with E-state index in [9.17, 15) is 4.79 Å². The number of nitrogens with zero attached hydrogens (tertiary/aromatic N) is 2. The van der Waals surface area contributed by atoms with Gasteiger partial charge in [0.1, 0.15) is 0 Å². The van der Waals surface area contributed by atoms with Gasteiger partial charge >= 0.3 is 6.03 Å². The summed E-state index contributed by atoms with van der Waals surface area (Å²) in [6.45, 7) is 8.33. The average Bonchev–Trinajstić information content (AvgIpc) is 3.14. The summed E-state index contributed by atoms with van der Waals surface area (Å²) in [5, 5.41) is 0. The predicted molar refractivity (Wildman–Crippen MR) is 141 cm³/mol. The zero-order valence-electron chi connectivity index (χ0n) is 20.2. The minimum atomic E-state index is -0.167. The molecule has 0 bridgehead atoms. The van der Waals surface area contributed by atoms with Gasteiger partial charge < -0.3 is 0 Å². The molecule has 2 atom stereocenters. The molecule has 0 spiro atoms. The van der Waals surface area contributed by atoms with E-state index in [-0.39, 0.29) is 18.1 Å². The van der Waals surface area contributed by atoms with Crippen molar-refractivity contribution in [3.05, 3.63) is 130 Å². The number of amides is 2. The van der Waals surface area contributed by atoms with Gasteiger partial charge in [0.25, 0.3) is 0 Å². The van der Waals surface area contributed by atoms with Crippen LogP contribution in [-0.2, 0) is 0 Å². The molecule has 3 nitrogen and oxygen atoms in total. The first-order valence-corrected chi connectivity index (χ1v) is 11.8. The quantitative estimate of drug-likeness (QED) is 0.313. The normalized spacial score (nSPS) is 17.9. The summed E-state index contributed by atoms with van der Waals surface area (Å²) in [5.41, 5.74) is 8.83. The lowest BCUT2D eigenvalue weighted by Crippen LogP contribution is -2.32. The summed E-state index contributed by atoms with van der Waals surface area (Å²) in [4.78, 5) is 18.2.